The fraction of sp³-hybridized carbons (Fsp3) is 0.350. The molecule has 3 aromatic rings. The zero-order valence-corrected chi connectivity index (χ0v) is 15.9. The molecule has 0 atom stereocenters. The number of hydrogen-bond donors (Lipinski definition) is 0. The molecule has 0 saturated carbocycles. The smallest absolute Gasteiger partial charge is 0.330 e. The van der Waals surface area contributed by atoms with E-state index in [1.54, 1.807) is 17.7 Å². The lowest BCUT2D eigenvalue weighted by molar-refractivity contribution is 0.578. The SMILES string of the molecule is Cn1c(=O)n(Cc2ccccc2C#N)c2c(N3CCCCC3)cc(Cl)nc21. The number of piperidine rings is 1. The molecule has 1 aromatic carbocycles. The maximum Gasteiger partial charge on any atom is 0.330 e. The minimum absolute atomic E-state index is 0.161. The van der Waals surface area contributed by atoms with Crippen LogP contribution >= 0.6 is 11.6 Å². The van der Waals surface area contributed by atoms with E-state index >= 15 is 0 Å². The quantitative estimate of drug-likeness (QED) is 0.653. The second-order valence-electron chi connectivity index (χ2n) is 6.88. The first kappa shape index (κ1) is 17.6. The van der Waals surface area contributed by atoms with Crippen LogP contribution in [-0.2, 0) is 13.6 Å². The van der Waals surface area contributed by atoms with Crippen LogP contribution in [-0.4, -0.2) is 27.2 Å². The fourth-order valence-electron chi connectivity index (χ4n) is 3.80. The van der Waals surface area contributed by atoms with Gasteiger partial charge in [-0.1, -0.05) is 29.8 Å². The summed E-state index contributed by atoms with van der Waals surface area (Å²) in [5.41, 5.74) is 3.52. The molecular weight excluding hydrogens is 362 g/mol. The van der Waals surface area contributed by atoms with E-state index in [9.17, 15) is 10.1 Å². The van der Waals surface area contributed by atoms with Crippen LogP contribution in [0.15, 0.2) is 35.1 Å². The molecule has 3 heterocycles. The van der Waals surface area contributed by atoms with Crippen molar-refractivity contribution in [2.24, 2.45) is 7.05 Å². The molecule has 1 saturated heterocycles. The van der Waals surface area contributed by atoms with Crippen LogP contribution in [0.5, 0.6) is 0 Å². The normalized spacial score (nSPS) is 14.5. The highest BCUT2D eigenvalue weighted by Gasteiger charge is 2.22. The Kier molecular flexibility index (Phi) is 4.63. The number of aryl methyl sites for hydroxylation is 1. The van der Waals surface area contributed by atoms with E-state index in [4.69, 9.17) is 11.6 Å². The van der Waals surface area contributed by atoms with Gasteiger partial charge in [0.15, 0.2) is 5.65 Å². The van der Waals surface area contributed by atoms with E-state index in [-0.39, 0.29) is 5.69 Å². The number of aromatic nitrogens is 3. The number of benzene rings is 1. The molecule has 0 bridgehead atoms. The molecule has 2 aromatic heterocycles. The summed E-state index contributed by atoms with van der Waals surface area (Å²) < 4.78 is 3.24. The largest absolute Gasteiger partial charge is 0.370 e. The molecule has 0 unspecified atom stereocenters. The first-order chi connectivity index (χ1) is 13.1. The van der Waals surface area contributed by atoms with Crippen molar-refractivity contribution in [3.63, 3.8) is 0 Å². The number of hydrogen-bond acceptors (Lipinski definition) is 4. The number of rotatable bonds is 3. The number of pyridine rings is 1. The van der Waals surface area contributed by atoms with E-state index in [2.05, 4.69) is 16.0 Å². The third-order valence-electron chi connectivity index (χ3n) is 5.19. The zero-order valence-electron chi connectivity index (χ0n) is 15.2. The molecular formula is C20H20ClN5O. The van der Waals surface area contributed by atoms with Crippen LogP contribution in [0.3, 0.4) is 0 Å². The standard InChI is InChI=1S/C20H20ClN5O/c1-24-19-18(16(11-17(21)23-19)25-9-5-2-6-10-25)26(20(24)27)13-15-8-4-3-7-14(15)12-22/h3-4,7-8,11H,2,5-6,9-10,13H2,1H3. The summed E-state index contributed by atoms with van der Waals surface area (Å²) in [5.74, 6) is 0. The summed E-state index contributed by atoms with van der Waals surface area (Å²) >= 11 is 6.28. The fourth-order valence-corrected chi connectivity index (χ4v) is 3.99. The summed E-state index contributed by atoms with van der Waals surface area (Å²) in [6.07, 6.45) is 3.46. The monoisotopic (exact) mass is 381 g/mol. The first-order valence-electron chi connectivity index (χ1n) is 9.09. The summed E-state index contributed by atoms with van der Waals surface area (Å²) in [5, 5.41) is 9.78. The van der Waals surface area contributed by atoms with Gasteiger partial charge in [0.1, 0.15) is 10.7 Å². The van der Waals surface area contributed by atoms with Crippen LogP contribution in [0, 0.1) is 11.3 Å². The highest BCUT2D eigenvalue weighted by Crippen LogP contribution is 2.30. The third-order valence-corrected chi connectivity index (χ3v) is 5.39. The van der Waals surface area contributed by atoms with E-state index in [0.29, 0.717) is 22.9 Å². The van der Waals surface area contributed by atoms with Crippen LogP contribution < -0.4 is 10.6 Å². The van der Waals surface area contributed by atoms with Crippen molar-refractivity contribution in [1.82, 2.24) is 14.1 Å². The van der Waals surface area contributed by atoms with E-state index in [1.165, 1.54) is 11.0 Å². The molecule has 0 N–H and O–H groups in total. The molecule has 7 heteroatoms. The number of halogens is 1. The highest BCUT2D eigenvalue weighted by molar-refractivity contribution is 6.30. The lowest BCUT2D eigenvalue weighted by Crippen LogP contribution is -2.30. The predicted molar refractivity (Wildman–Crippen MR) is 106 cm³/mol. The summed E-state index contributed by atoms with van der Waals surface area (Å²) in [4.78, 5) is 19.7. The van der Waals surface area contributed by atoms with Crippen molar-refractivity contribution in [1.29, 1.82) is 5.26 Å². The van der Waals surface area contributed by atoms with Gasteiger partial charge in [0, 0.05) is 26.2 Å². The Hall–Kier alpha value is -2.78. The summed E-state index contributed by atoms with van der Waals surface area (Å²) in [7, 11) is 1.71. The average Bonchev–Trinajstić information content (AvgIpc) is 2.93. The summed E-state index contributed by atoms with van der Waals surface area (Å²) in [6.45, 7) is 2.20. The lowest BCUT2D eigenvalue weighted by atomic mass is 10.1. The molecule has 0 spiro atoms. The molecule has 6 nitrogen and oxygen atoms in total. The molecule has 0 aliphatic carbocycles. The Morgan fingerprint density at radius 1 is 1.22 bits per heavy atom. The minimum atomic E-state index is -0.161. The molecule has 0 amide bonds. The third kappa shape index (κ3) is 3.08. The zero-order chi connectivity index (χ0) is 19.0. The van der Waals surface area contributed by atoms with Crippen LogP contribution in [0.4, 0.5) is 5.69 Å². The van der Waals surface area contributed by atoms with Gasteiger partial charge in [-0.15, -0.1) is 0 Å². The van der Waals surface area contributed by atoms with E-state index in [1.807, 2.05) is 24.3 Å². The molecule has 1 aliphatic heterocycles. The van der Waals surface area contributed by atoms with E-state index in [0.717, 1.165) is 42.7 Å². The van der Waals surface area contributed by atoms with Crippen LogP contribution in [0.25, 0.3) is 11.2 Å². The van der Waals surface area contributed by atoms with Crippen molar-refractivity contribution in [2.45, 2.75) is 25.8 Å². The molecule has 27 heavy (non-hydrogen) atoms. The topological polar surface area (TPSA) is 66.8 Å². The molecule has 1 fully saturated rings. The Labute approximate surface area is 162 Å². The van der Waals surface area contributed by atoms with Gasteiger partial charge < -0.3 is 4.90 Å². The average molecular weight is 382 g/mol. The number of anilines is 1. The van der Waals surface area contributed by atoms with Crippen LogP contribution in [0.2, 0.25) is 5.15 Å². The van der Waals surface area contributed by atoms with Gasteiger partial charge >= 0.3 is 5.69 Å². The number of nitriles is 1. The first-order valence-corrected chi connectivity index (χ1v) is 9.46. The molecule has 1 aliphatic rings. The lowest BCUT2D eigenvalue weighted by Gasteiger charge is -2.29. The van der Waals surface area contributed by atoms with Gasteiger partial charge in [-0.05, 0) is 30.9 Å². The molecule has 4 rings (SSSR count). The Balaban J connectivity index is 1.93. The number of fused-ring (bicyclic) bond motifs is 1. The van der Waals surface area contributed by atoms with E-state index < -0.39 is 0 Å². The number of imidazole rings is 1. The van der Waals surface area contributed by atoms with Crippen molar-refractivity contribution in [3.8, 4) is 6.07 Å². The van der Waals surface area contributed by atoms with Crippen molar-refractivity contribution in [3.05, 3.63) is 57.1 Å². The van der Waals surface area contributed by atoms with Crippen molar-refractivity contribution < 1.29 is 0 Å². The Morgan fingerprint density at radius 3 is 2.70 bits per heavy atom. The minimum Gasteiger partial charge on any atom is -0.370 e. The maximum absolute atomic E-state index is 13.0. The second kappa shape index (κ2) is 7.09. The molecule has 138 valence electrons. The predicted octanol–water partition coefficient (Wildman–Crippen LogP) is 3.30. The summed E-state index contributed by atoms with van der Waals surface area (Å²) in [6, 6.07) is 11.4. The van der Waals surface area contributed by atoms with Gasteiger partial charge in [-0.2, -0.15) is 5.26 Å². The van der Waals surface area contributed by atoms with Gasteiger partial charge in [0.25, 0.3) is 0 Å². The van der Waals surface area contributed by atoms with Crippen molar-refractivity contribution >= 4 is 28.5 Å². The number of nitrogens with zero attached hydrogens (tertiary/aromatic N) is 5. The van der Waals surface area contributed by atoms with Crippen LogP contribution in [0.1, 0.15) is 30.4 Å². The molecule has 0 radical (unpaired) electrons. The Bertz CT molecular complexity index is 1100. The maximum atomic E-state index is 13.0. The van der Waals surface area contributed by atoms with Gasteiger partial charge in [0.2, 0.25) is 0 Å². The van der Waals surface area contributed by atoms with Gasteiger partial charge in [0.05, 0.1) is 23.9 Å². The highest BCUT2D eigenvalue weighted by atomic mass is 35.5. The van der Waals surface area contributed by atoms with Crippen molar-refractivity contribution in [2.75, 3.05) is 18.0 Å². The Morgan fingerprint density at radius 2 is 1.96 bits per heavy atom. The van der Waals surface area contributed by atoms with Gasteiger partial charge in [-0.25, -0.2) is 9.78 Å². The van der Waals surface area contributed by atoms with Gasteiger partial charge in [-0.3, -0.25) is 9.13 Å². The second-order valence-corrected chi connectivity index (χ2v) is 7.27.